The number of fused-ring (bicyclic) bond motifs is 1. The Kier molecular flexibility index (Phi) is 3.72. The fraction of sp³-hybridized carbons (Fsp3) is 0.562. The average Bonchev–Trinajstić information content (AvgIpc) is 2.45. The van der Waals surface area contributed by atoms with Gasteiger partial charge in [-0.05, 0) is 37.2 Å². The second kappa shape index (κ2) is 5.64. The highest BCUT2D eigenvalue weighted by molar-refractivity contribution is 5.75. The second-order valence-electron chi connectivity index (χ2n) is 5.80. The molecule has 2 aliphatic rings. The van der Waals surface area contributed by atoms with Crippen molar-refractivity contribution in [1.29, 1.82) is 0 Å². The molecule has 2 amide bonds. The highest BCUT2D eigenvalue weighted by atomic mass is 16.2. The fourth-order valence-corrected chi connectivity index (χ4v) is 3.56. The predicted octanol–water partition coefficient (Wildman–Crippen LogP) is 2.86. The van der Waals surface area contributed by atoms with Gasteiger partial charge in [-0.3, -0.25) is 0 Å². The summed E-state index contributed by atoms with van der Waals surface area (Å²) in [6.07, 6.45) is 7.07. The highest BCUT2D eigenvalue weighted by Crippen LogP contribution is 2.31. The number of aryl methyl sites for hydroxylation is 1. The summed E-state index contributed by atoms with van der Waals surface area (Å²) in [4.78, 5) is 11.7. The molecule has 1 saturated heterocycles. The third kappa shape index (κ3) is 2.91. The Morgan fingerprint density at radius 3 is 2.68 bits per heavy atom. The smallest absolute Gasteiger partial charge is 0.315 e. The van der Waals surface area contributed by atoms with Crippen molar-refractivity contribution >= 4 is 6.03 Å². The Labute approximate surface area is 114 Å². The number of hydrogen-bond donors (Lipinski definition) is 2. The van der Waals surface area contributed by atoms with Crippen LogP contribution in [0.2, 0.25) is 0 Å². The van der Waals surface area contributed by atoms with Crippen molar-refractivity contribution < 1.29 is 4.79 Å². The number of nitrogens with one attached hydrogen (secondary N) is 2. The molecule has 1 aromatic carbocycles. The molecule has 0 bridgehead atoms. The van der Waals surface area contributed by atoms with E-state index >= 15 is 0 Å². The molecular weight excluding hydrogens is 236 g/mol. The number of amides is 2. The summed E-state index contributed by atoms with van der Waals surface area (Å²) in [7, 11) is 0. The van der Waals surface area contributed by atoms with Crippen LogP contribution in [0.5, 0.6) is 0 Å². The molecule has 3 unspecified atom stereocenters. The lowest BCUT2D eigenvalue weighted by Crippen LogP contribution is -2.61. The second-order valence-corrected chi connectivity index (χ2v) is 5.80. The third-order valence-corrected chi connectivity index (χ3v) is 4.56. The maximum absolute atomic E-state index is 11.7. The first-order chi connectivity index (χ1) is 9.33. The minimum absolute atomic E-state index is 0.0289. The SMILES string of the molecule is O=C1NC2CCCCC2C(CCc2ccccc2)N1. The zero-order valence-corrected chi connectivity index (χ0v) is 11.3. The van der Waals surface area contributed by atoms with Gasteiger partial charge in [-0.1, -0.05) is 43.2 Å². The van der Waals surface area contributed by atoms with E-state index in [0.717, 1.165) is 19.3 Å². The zero-order chi connectivity index (χ0) is 13.1. The van der Waals surface area contributed by atoms with Crippen molar-refractivity contribution in [2.45, 2.75) is 50.6 Å². The van der Waals surface area contributed by atoms with Crippen molar-refractivity contribution in [2.24, 2.45) is 5.92 Å². The molecule has 0 radical (unpaired) electrons. The summed E-state index contributed by atoms with van der Waals surface area (Å²) in [5, 5.41) is 6.23. The van der Waals surface area contributed by atoms with E-state index in [4.69, 9.17) is 0 Å². The van der Waals surface area contributed by atoms with Gasteiger partial charge in [0.15, 0.2) is 0 Å². The van der Waals surface area contributed by atoms with Gasteiger partial charge in [0.05, 0.1) is 0 Å². The highest BCUT2D eigenvalue weighted by Gasteiger charge is 2.37. The molecule has 3 heteroatoms. The van der Waals surface area contributed by atoms with Crippen molar-refractivity contribution in [2.75, 3.05) is 0 Å². The molecule has 1 aliphatic carbocycles. The monoisotopic (exact) mass is 258 g/mol. The molecule has 3 atom stereocenters. The lowest BCUT2D eigenvalue weighted by atomic mass is 9.77. The molecular formula is C16H22N2O. The minimum Gasteiger partial charge on any atom is -0.335 e. The zero-order valence-electron chi connectivity index (χ0n) is 11.3. The Hall–Kier alpha value is -1.51. The van der Waals surface area contributed by atoms with Gasteiger partial charge in [0.25, 0.3) is 0 Å². The Morgan fingerprint density at radius 2 is 1.84 bits per heavy atom. The molecule has 1 aromatic rings. The summed E-state index contributed by atoms with van der Waals surface area (Å²) in [6.45, 7) is 0. The Bertz CT molecular complexity index is 432. The van der Waals surface area contributed by atoms with Gasteiger partial charge >= 0.3 is 6.03 Å². The number of carbonyl (C=O) groups is 1. The summed E-state index contributed by atoms with van der Waals surface area (Å²) in [5.74, 6) is 0.621. The predicted molar refractivity (Wildman–Crippen MR) is 76.0 cm³/mol. The van der Waals surface area contributed by atoms with E-state index in [9.17, 15) is 4.79 Å². The van der Waals surface area contributed by atoms with E-state index in [1.165, 1.54) is 24.8 Å². The van der Waals surface area contributed by atoms with Crippen molar-refractivity contribution in [3.8, 4) is 0 Å². The number of urea groups is 1. The largest absolute Gasteiger partial charge is 0.335 e. The molecule has 2 N–H and O–H groups in total. The van der Waals surface area contributed by atoms with Crippen LogP contribution >= 0.6 is 0 Å². The summed E-state index contributed by atoms with van der Waals surface area (Å²) >= 11 is 0. The molecule has 1 heterocycles. The fourth-order valence-electron chi connectivity index (χ4n) is 3.56. The number of rotatable bonds is 3. The van der Waals surface area contributed by atoms with Gasteiger partial charge < -0.3 is 10.6 Å². The van der Waals surface area contributed by atoms with Crippen LogP contribution in [0.3, 0.4) is 0 Å². The first-order valence-electron chi connectivity index (χ1n) is 7.44. The van der Waals surface area contributed by atoms with Crippen molar-refractivity contribution in [3.63, 3.8) is 0 Å². The summed E-state index contributed by atoms with van der Waals surface area (Å²) < 4.78 is 0. The van der Waals surface area contributed by atoms with E-state index in [0.29, 0.717) is 18.0 Å². The number of carbonyl (C=O) groups excluding carboxylic acids is 1. The molecule has 19 heavy (non-hydrogen) atoms. The van der Waals surface area contributed by atoms with E-state index in [2.05, 4.69) is 34.9 Å². The molecule has 2 fully saturated rings. The number of benzene rings is 1. The molecule has 3 nitrogen and oxygen atoms in total. The van der Waals surface area contributed by atoms with Crippen LogP contribution in [0.25, 0.3) is 0 Å². The lowest BCUT2D eigenvalue weighted by molar-refractivity contribution is 0.157. The van der Waals surface area contributed by atoms with Crippen LogP contribution in [0.4, 0.5) is 4.79 Å². The van der Waals surface area contributed by atoms with Crippen LogP contribution in [-0.2, 0) is 6.42 Å². The third-order valence-electron chi connectivity index (χ3n) is 4.56. The lowest BCUT2D eigenvalue weighted by Gasteiger charge is -2.42. The molecule has 3 rings (SSSR count). The van der Waals surface area contributed by atoms with E-state index < -0.39 is 0 Å². The van der Waals surface area contributed by atoms with Crippen molar-refractivity contribution in [1.82, 2.24) is 10.6 Å². The van der Waals surface area contributed by atoms with Gasteiger partial charge in [-0.2, -0.15) is 0 Å². The van der Waals surface area contributed by atoms with Crippen LogP contribution in [0.15, 0.2) is 30.3 Å². The van der Waals surface area contributed by atoms with E-state index in [1.54, 1.807) is 0 Å². The Balaban J connectivity index is 1.63. The van der Waals surface area contributed by atoms with E-state index in [-0.39, 0.29) is 6.03 Å². The minimum atomic E-state index is 0.0289. The van der Waals surface area contributed by atoms with Gasteiger partial charge in [0, 0.05) is 12.1 Å². The quantitative estimate of drug-likeness (QED) is 0.860. The molecule has 0 spiro atoms. The molecule has 102 valence electrons. The molecule has 1 saturated carbocycles. The van der Waals surface area contributed by atoms with Gasteiger partial charge in [-0.15, -0.1) is 0 Å². The first kappa shape index (κ1) is 12.5. The average molecular weight is 258 g/mol. The first-order valence-corrected chi connectivity index (χ1v) is 7.44. The topological polar surface area (TPSA) is 41.1 Å². The van der Waals surface area contributed by atoms with Crippen LogP contribution in [0.1, 0.15) is 37.7 Å². The van der Waals surface area contributed by atoms with Gasteiger partial charge in [0.2, 0.25) is 0 Å². The maximum atomic E-state index is 11.7. The van der Waals surface area contributed by atoms with Crippen LogP contribution in [0, 0.1) is 5.92 Å². The van der Waals surface area contributed by atoms with Gasteiger partial charge in [0.1, 0.15) is 0 Å². The maximum Gasteiger partial charge on any atom is 0.315 e. The standard InChI is InChI=1S/C16H22N2O/c19-16-17-14-9-5-4-8-13(14)15(18-16)11-10-12-6-2-1-3-7-12/h1-3,6-7,13-15H,4-5,8-11H2,(H2,17,18,19). The molecule has 0 aromatic heterocycles. The normalized spacial score (nSPS) is 30.1. The number of hydrogen-bond acceptors (Lipinski definition) is 1. The van der Waals surface area contributed by atoms with Crippen LogP contribution < -0.4 is 10.6 Å². The van der Waals surface area contributed by atoms with Crippen LogP contribution in [-0.4, -0.2) is 18.1 Å². The molecule has 1 aliphatic heterocycles. The van der Waals surface area contributed by atoms with Crippen molar-refractivity contribution in [3.05, 3.63) is 35.9 Å². The summed E-state index contributed by atoms with van der Waals surface area (Å²) in [5.41, 5.74) is 1.36. The summed E-state index contributed by atoms with van der Waals surface area (Å²) in [6, 6.07) is 11.3. The van der Waals surface area contributed by atoms with Gasteiger partial charge in [-0.25, -0.2) is 4.79 Å². The Morgan fingerprint density at radius 1 is 1.05 bits per heavy atom. The van der Waals surface area contributed by atoms with E-state index in [1.807, 2.05) is 6.07 Å².